The zero-order valence-electron chi connectivity index (χ0n) is 10.5. The summed E-state index contributed by atoms with van der Waals surface area (Å²) in [5.74, 6) is -1.68. The van der Waals surface area contributed by atoms with Crippen LogP contribution in [-0.4, -0.2) is 36.4 Å². The minimum atomic E-state index is -3.82. The summed E-state index contributed by atoms with van der Waals surface area (Å²) in [6, 6.07) is 0.696. The molecule has 0 radical (unpaired) electrons. The Hall–Kier alpha value is -0.340. The van der Waals surface area contributed by atoms with Crippen molar-refractivity contribution >= 4 is 50.5 Å². The van der Waals surface area contributed by atoms with Gasteiger partial charge in [-0.25, -0.2) is 8.42 Å². The summed E-state index contributed by atoms with van der Waals surface area (Å²) in [6.07, 6.45) is 0.983. The summed E-state index contributed by atoms with van der Waals surface area (Å²) >= 11 is 12.7. The Balaban J connectivity index is 2.39. The second kappa shape index (κ2) is 5.81. The lowest BCUT2D eigenvalue weighted by Crippen LogP contribution is -2.48. The molecule has 0 bridgehead atoms. The van der Waals surface area contributed by atoms with Crippen LogP contribution in [0.2, 0.25) is 8.67 Å². The fourth-order valence-electron chi connectivity index (χ4n) is 2.41. The third-order valence-corrected chi connectivity index (χ3v) is 7.20. The van der Waals surface area contributed by atoms with Gasteiger partial charge >= 0.3 is 5.97 Å². The second-order valence-corrected chi connectivity index (χ2v) is 8.78. The van der Waals surface area contributed by atoms with E-state index in [9.17, 15) is 13.2 Å². The summed E-state index contributed by atoms with van der Waals surface area (Å²) in [5, 5.41) is 9.15. The predicted molar refractivity (Wildman–Crippen MR) is 78.1 cm³/mol. The van der Waals surface area contributed by atoms with Crippen molar-refractivity contribution in [2.24, 2.45) is 5.92 Å². The topological polar surface area (TPSA) is 74.7 Å². The lowest BCUT2D eigenvalue weighted by Gasteiger charge is -2.36. The van der Waals surface area contributed by atoms with Crippen LogP contribution in [-0.2, 0) is 14.8 Å². The molecule has 112 valence electrons. The van der Waals surface area contributed by atoms with Gasteiger partial charge in [0, 0.05) is 12.6 Å². The highest BCUT2D eigenvalue weighted by molar-refractivity contribution is 7.89. The Bertz CT molecular complexity index is 628. The summed E-state index contributed by atoms with van der Waals surface area (Å²) < 4.78 is 26.8. The van der Waals surface area contributed by atoms with E-state index in [4.69, 9.17) is 28.3 Å². The normalized spacial score (nSPS) is 24.8. The second-order valence-electron chi connectivity index (χ2n) is 4.63. The number of thiophene rings is 1. The Labute approximate surface area is 131 Å². The van der Waals surface area contributed by atoms with E-state index in [0.717, 1.165) is 11.3 Å². The van der Waals surface area contributed by atoms with Crippen LogP contribution in [0.1, 0.15) is 19.8 Å². The van der Waals surface area contributed by atoms with Crippen LogP contribution in [0, 0.1) is 5.92 Å². The maximum Gasteiger partial charge on any atom is 0.308 e. The van der Waals surface area contributed by atoms with Crippen LogP contribution in [0.25, 0.3) is 0 Å². The van der Waals surface area contributed by atoms with Crippen molar-refractivity contribution in [3.63, 3.8) is 0 Å². The summed E-state index contributed by atoms with van der Waals surface area (Å²) in [6.45, 7) is 1.90. The van der Waals surface area contributed by atoms with Gasteiger partial charge in [-0.1, -0.05) is 23.2 Å². The fraction of sp³-hybridized carbons (Fsp3) is 0.545. The predicted octanol–water partition coefficient (Wildman–Crippen LogP) is 2.93. The van der Waals surface area contributed by atoms with Crippen LogP contribution < -0.4 is 0 Å². The third kappa shape index (κ3) is 2.82. The smallest absolute Gasteiger partial charge is 0.308 e. The molecule has 20 heavy (non-hydrogen) atoms. The van der Waals surface area contributed by atoms with Gasteiger partial charge in [0.1, 0.15) is 9.23 Å². The van der Waals surface area contributed by atoms with Gasteiger partial charge < -0.3 is 5.11 Å². The zero-order valence-corrected chi connectivity index (χ0v) is 13.7. The van der Waals surface area contributed by atoms with Gasteiger partial charge in [0.15, 0.2) is 0 Å². The number of piperidine rings is 1. The molecular weight excluding hydrogens is 345 g/mol. The van der Waals surface area contributed by atoms with Gasteiger partial charge in [0.25, 0.3) is 0 Å². The summed E-state index contributed by atoms with van der Waals surface area (Å²) in [7, 11) is -3.82. The van der Waals surface area contributed by atoms with E-state index in [1.165, 1.54) is 10.4 Å². The molecule has 0 saturated carbocycles. The summed E-state index contributed by atoms with van der Waals surface area (Å²) in [4.78, 5) is 11.1. The van der Waals surface area contributed by atoms with Crippen LogP contribution in [0.3, 0.4) is 0 Å². The molecule has 2 atom stereocenters. The average Bonchev–Trinajstić information content (AvgIpc) is 2.68. The van der Waals surface area contributed by atoms with Crippen molar-refractivity contribution in [2.75, 3.05) is 6.54 Å². The molecule has 0 amide bonds. The monoisotopic (exact) mass is 357 g/mol. The molecule has 1 aromatic rings. The molecular formula is C11H13Cl2NO4S2. The molecule has 1 aromatic heterocycles. The van der Waals surface area contributed by atoms with E-state index in [0.29, 0.717) is 12.8 Å². The minimum absolute atomic E-state index is 0.0490. The highest BCUT2D eigenvalue weighted by Crippen LogP contribution is 2.38. The number of carbonyl (C=O) groups is 1. The first-order valence-electron chi connectivity index (χ1n) is 5.94. The van der Waals surface area contributed by atoms with Crippen LogP contribution in [0.15, 0.2) is 11.0 Å². The molecule has 0 aromatic carbocycles. The van der Waals surface area contributed by atoms with E-state index in [1.54, 1.807) is 6.92 Å². The number of sulfonamides is 1. The molecule has 1 aliphatic rings. The standard InChI is InChI=1S/C11H13Cl2NO4S2/c1-6-7(11(15)16)3-2-4-14(6)20(17,18)8-5-9(12)19-10(8)13/h5-7H,2-4H2,1H3,(H,15,16)/t6-,7-/m1/s1. The Morgan fingerprint density at radius 3 is 2.65 bits per heavy atom. The average molecular weight is 358 g/mol. The number of carboxylic acid groups (broad SMARTS) is 1. The van der Waals surface area contributed by atoms with Crippen LogP contribution in [0.5, 0.6) is 0 Å². The van der Waals surface area contributed by atoms with Crippen molar-refractivity contribution in [3.8, 4) is 0 Å². The molecule has 9 heteroatoms. The SMILES string of the molecule is C[C@@H]1[C@H](C(=O)O)CCCN1S(=O)(=O)c1cc(Cl)sc1Cl. The third-order valence-electron chi connectivity index (χ3n) is 3.46. The minimum Gasteiger partial charge on any atom is -0.481 e. The van der Waals surface area contributed by atoms with Crippen molar-refractivity contribution in [3.05, 3.63) is 14.7 Å². The van der Waals surface area contributed by atoms with Gasteiger partial charge in [-0.2, -0.15) is 4.31 Å². The lowest BCUT2D eigenvalue weighted by molar-refractivity contribution is -0.144. The fourth-order valence-corrected chi connectivity index (χ4v) is 6.23. The van der Waals surface area contributed by atoms with E-state index < -0.39 is 28.0 Å². The van der Waals surface area contributed by atoms with E-state index >= 15 is 0 Å². The molecule has 0 unspecified atom stereocenters. The molecule has 2 rings (SSSR count). The Morgan fingerprint density at radius 2 is 2.15 bits per heavy atom. The quantitative estimate of drug-likeness (QED) is 0.902. The molecule has 0 spiro atoms. The van der Waals surface area contributed by atoms with Crippen molar-refractivity contribution in [1.29, 1.82) is 0 Å². The first kappa shape index (κ1) is 16.0. The van der Waals surface area contributed by atoms with Crippen LogP contribution in [0.4, 0.5) is 0 Å². The van der Waals surface area contributed by atoms with Gasteiger partial charge in [0.2, 0.25) is 10.0 Å². The maximum absolute atomic E-state index is 12.6. The first-order chi connectivity index (χ1) is 9.25. The van der Waals surface area contributed by atoms with Gasteiger partial charge in [-0.15, -0.1) is 11.3 Å². The van der Waals surface area contributed by atoms with Crippen molar-refractivity contribution in [1.82, 2.24) is 4.31 Å². The first-order valence-corrected chi connectivity index (χ1v) is 8.96. The maximum atomic E-state index is 12.6. The number of rotatable bonds is 3. The molecule has 5 nitrogen and oxygen atoms in total. The highest BCUT2D eigenvalue weighted by Gasteiger charge is 2.40. The molecule has 1 saturated heterocycles. The van der Waals surface area contributed by atoms with Gasteiger partial charge in [0.05, 0.1) is 10.3 Å². The Kier molecular flexibility index (Phi) is 4.66. The van der Waals surface area contributed by atoms with Gasteiger partial charge in [-0.3, -0.25) is 4.79 Å². The number of hydrogen-bond donors (Lipinski definition) is 1. The number of halogens is 2. The van der Waals surface area contributed by atoms with E-state index in [-0.39, 0.29) is 20.1 Å². The van der Waals surface area contributed by atoms with Crippen LogP contribution >= 0.6 is 34.5 Å². The highest BCUT2D eigenvalue weighted by atomic mass is 35.5. The summed E-state index contributed by atoms with van der Waals surface area (Å²) in [5.41, 5.74) is 0. The number of carboxylic acids is 1. The Morgan fingerprint density at radius 1 is 1.50 bits per heavy atom. The number of aliphatic carboxylic acids is 1. The number of nitrogens with zero attached hydrogens (tertiary/aromatic N) is 1. The molecule has 1 N–H and O–H groups in total. The largest absolute Gasteiger partial charge is 0.481 e. The lowest BCUT2D eigenvalue weighted by atomic mass is 9.92. The van der Waals surface area contributed by atoms with Crippen molar-refractivity contribution < 1.29 is 18.3 Å². The number of hydrogen-bond acceptors (Lipinski definition) is 4. The van der Waals surface area contributed by atoms with E-state index in [2.05, 4.69) is 0 Å². The molecule has 2 heterocycles. The molecule has 0 aliphatic carbocycles. The molecule has 1 fully saturated rings. The van der Waals surface area contributed by atoms with Gasteiger partial charge in [-0.05, 0) is 25.8 Å². The van der Waals surface area contributed by atoms with Crippen molar-refractivity contribution in [2.45, 2.75) is 30.7 Å². The van der Waals surface area contributed by atoms with E-state index in [1.807, 2.05) is 0 Å². The molecule has 1 aliphatic heterocycles. The zero-order chi connectivity index (χ0) is 15.1.